The van der Waals surface area contributed by atoms with Crippen LogP contribution in [0.2, 0.25) is 0 Å². The topological polar surface area (TPSA) is 50.4 Å². The summed E-state index contributed by atoms with van der Waals surface area (Å²) in [6.45, 7) is 4.31. The van der Waals surface area contributed by atoms with Gasteiger partial charge in [-0.15, -0.1) is 0 Å². The summed E-state index contributed by atoms with van der Waals surface area (Å²) >= 11 is 0. The van der Waals surface area contributed by atoms with E-state index in [-0.39, 0.29) is 18.1 Å². The van der Waals surface area contributed by atoms with E-state index in [1.54, 1.807) is 0 Å². The third kappa shape index (κ3) is 1.96. The van der Waals surface area contributed by atoms with E-state index in [1.807, 2.05) is 13.0 Å². The molecule has 0 aliphatic carbocycles. The summed E-state index contributed by atoms with van der Waals surface area (Å²) < 4.78 is 5.53. The van der Waals surface area contributed by atoms with Crippen molar-refractivity contribution in [1.29, 1.82) is 0 Å². The van der Waals surface area contributed by atoms with E-state index < -0.39 is 0 Å². The SMILES string of the molecule is CC1CC=C(C2CNCCO2)C(=O)N1. The van der Waals surface area contributed by atoms with Crippen LogP contribution in [0.1, 0.15) is 13.3 Å². The normalized spacial score (nSPS) is 33.5. The van der Waals surface area contributed by atoms with Crippen LogP contribution in [-0.4, -0.2) is 37.7 Å². The third-order valence-corrected chi connectivity index (χ3v) is 2.61. The minimum Gasteiger partial charge on any atom is -0.371 e. The maximum atomic E-state index is 11.6. The molecule has 2 aliphatic heterocycles. The summed E-state index contributed by atoms with van der Waals surface area (Å²) in [5, 5.41) is 6.13. The van der Waals surface area contributed by atoms with E-state index in [9.17, 15) is 4.79 Å². The zero-order valence-electron chi connectivity index (χ0n) is 8.38. The lowest BCUT2D eigenvalue weighted by Gasteiger charge is -2.28. The van der Waals surface area contributed by atoms with Gasteiger partial charge in [0, 0.05) is 24.7 Å². The van der Waals surface area contributed by atoms with Gasteiger partial charge >= 0.3 is 0 Å². The van der Waals surface area contributed by atoms with Crippen molar-refractivity contribution >= 4 is 5.91 Å². The molecule has 2 heterocycles. The molecule has 0 aromatic heterocycles. The smallest absolute Gasteiger partial charge is 0.249 e. The van der Waals surface area contributed by atoms with Gasteiger partial charge in [-0.25, -0.2) is 0 Å². The van der Waals surface area contributed by atoms with Crippen LogP contribution >= 0.6 is 0 Å². The predicted molar refractivity (Wildman–Crippen MR) is 52.9 cm³/mol. The molecule has 4 nitrogen and oxygen atoms in total. The number of hydrogen-bond acceptors (Lipinski definition) is 3. The fourth-order valence-corrected chi connectivity index (χ4v) is 1.81. The van der Waals surface area contributed by atoms with Crippen LogP contribution in [0.15, 0.2) is 11.6 Å². The Morgan fingerprint density at radius 3 is 3.07 bits per heavy atom. The van der Waals surface area contributed by atoms with Gasteiger partial charge in [0.15, 0.2) is 0 Å². The van der Waals surface area contributed by atoms with E-state index in [1.165, 1.54) is 0 Å². The Labute approximate surface area is 83.7 Å². The molecule has 0 aromatic rings. The second kappa shape index (κ2) is 4.11. The Balaban J connectivity index is 2.05. The first kappa shape index (κ1) is 9.68. The Kier molecular flexibility index (Phi) is 2.84. The first-order chi connectivity index (χ1) is 6.77. The summed E-state index contributed by atoms with van der Waals surface area (Å²) in [5.41, 5.74) is 0.787. The standard InChI is InChI=1S/C10H16N2O2/c1-7-2-3-8(10(13)12-7)9-6-11-4-5-14-9/h3,7,9,11H,2,4-6H2,1H3,(H,12,13). The largest absolute Gasteiger partial charge is 0.371 e. The van der Waals surface area contributed by atoms with Gasteiger partial charge in [0.05, 0.1) is 12.7 Å². The van der Waals surface area contributed by atoms with Crippen LogP contribution in [0.5, 0.6) is 0 Å². The Morgan fingerprint density at radius 2 is 2.43 bits per heavy atom. The van der Waals surface area contributed by atoms with Gasteiger partial charge in [0.1, 0.15) is 0 Å². The lowest BCUT2D eigenvalue weighted by atomic mass is 10.0. The van der Waals surface area contributed by atoms with Crippen molar-refractivity contribution in [2.24, 2.45) is 0 Å². The monoisotopic (exact) mass is 196 g/mol. The maximum absolute atomic E-state index is 11.6. The molecule has 0 aromatic carbocycles. The number of rotatable bonds is 1. The molecule has 2 aliphatic rings. The van der Waals surface area contributed by atoms with Crippen LogP contribution < -0.4 is 10.6 Å². The van der Waals surface area contributed by atoms with Gasteiger partial charge in [0.25, 0.3) is 0 Å². The average molecular weight is 196 g/mol. The fraction of sp³-hybridized carbons (Fsp3) is 0.700. The Hall–Kier alpha value is -0.870. The highest BCUT2D eigenvalue weighted by Crippen LogP contribution is 2.15. The highest BCUT2D eigenvalue weighted by atomic mass is 16.5. The highest BCUT2D eigenvalue weighted by Gasteiger charge is 2.26. The first-order valence-corrected chi connectivity index (χ1v) is 5.10. The van der Waals surface area contributed by atoms with Crippen molar-refractivity contribution < 1.29 is 9.53 Å². The number of morpholine rings is 1. The van der Waals surface area contributed by atoms with Crippen LogP contribution in [0, 0.1) is 0 Å². The van der Waals surface area contributed by atoms with Crippen LogP contribution in [0.25, 0.3) is 0 Å². The van der Waals surface area contributed by atoms with E-state index in [0.717, 1.165) is 25.1 Å². The zero-order valence-corrected chi connectivity index (χ0v) is 8.38. The van der Waals surface area contributed by atoms with Gasteiger partial charge in [-0.1, -0.05) is 6.08 Å². The number of amides is 1. The molecule has 1 fully saturated rings. The predicted octanol–water partition coefficient (Wildman–Crippen LogP) is -0.190. The summed E-state index contributed by atoms with van der Waals surface area (Å²) in [6.07, 6.45) is 2.85. The third-order valence-electron chi connectivity index (χ3n) is 2.61. The van der Waals surface area contributed by atoms with Crippen molar-refractivity contribution in [2.45, 2.75) is 25.5 Å². The van der Waals surface area contributed by atoms with Crippen LogP contribution in [0.4, 0.5) is 0 Å². The fourth-order valence-electron chi connectivity index (χ4n) is 1.81. The molecule has 4 heteroatoms. The van der Waals surface area contributed by atoms with Gasteiger partial charge in [-0.05, 0) is 13.3 Å². The van der Waals surface area contributed by atoms with E-state index in [2.05, 4.69) is 10.6 Å². The number of nitrogens with one attached hydrogen (secondary N) is 2. The average Bonchev–Trinajstić information content (AvgIpc) is 2.19. The lowest BCUT2D eigenvalue weighted by molar-refractivity contribution is -0.120. The molecular weight excluding hydrogens is 180 g/mol. The minimum absolute atomic E-state index is 0.0254. The Bertz CT molecular complexity index is 257. The number of hydrogen-bond donors (Lipinski definition) is 2. The maximum Gasteiger partial charge on any atom is 0.249 e. The molecule has 1 saturated heterocycles. The molecule has 78 valence electrons. The van der Waals surface area contributed by atoms with E-state index >= 15 is 0 Å². The molecule has 0 bridgehead atoms. The summed E-state index contributed by atoms with van der Waals surface area (Å²) in [7, 11) is 0. The van der Waals surface area contributed by atoms with Crippen molar-refractivity contribution in [3.8, 4) is 0 Å². The summed E-state index contributed by atoms with van der Waals surface area (Å²) in [4.78, 5) is 11.6. The second-order valence-corrected chi connectivity index (χ2v) is 3.83. The Morgan fingerprint density at radius 1 is 1.57 bits per heavy atom. The van der Waals surface area contributed by atoms with Gasteiger partial charge in [0.2, 0.25) is 5.91 Å². The van der Waals surface area contributed by atoms with Crippen molar-refractivity contribution in [2.75, 3.05) is 19.7 Å². The van der Waals surface area contributed by atoms with Crippen LogP contribution in [-0.2, 0) is 9.53 Å². The molecule has 2 atom stereocenters. The van der Waals surface area contributed by atoms with E-state index in [4.69, 9.17) is 4.74 Å². The first-order valence-electron chi connectivity index (χ1n) is 5.10. The molecular formula is C10H16N2O2. The van der Waals surface area contributed by atoms with Crippen molar-refractivity contribution in [3.63, 3.8) is 0 Å². The van der Waals surface area contributed by atoms with E-state index in [0.29, 0.717) is 6.61 Å². The van der Waals surface area contributed by atoms with Crippen molar-refractivity contribution in [3.05, 3.63) is 11.6 Å². The van der Waals surface area contributed by atoms with Gasteiger partial charge in [-0.2, -0.15) is 0 Å². The molecule has 2 unspecified atom stereocenters. The molecule has 2 rings (SSSR count). The van der Waals surface area contributed by atoms with Gasteiger partial charge in [-0.3, -0.25) is 4.79 Å². The molecule has 14 heavy (non-hydrogen) atoms. The number of carbonyl (C=O) groups excluding carboxylic acids is 1. The molecule has 0 saturated carbocycles. The number of ether oxygens (including phenoxy) is 1. The number of carbonyl (C=O) groups is 1. The molecule has 0 spiro atoms. The molecule has 1 amide bonds. The van der Waals surface area contributed by atoms with Crippen molar-refractivity contribution in [1.82, 2.24) is 10.6 Å². The quantitative estimate of drug-likeness (QED) is 0.611. The van der Waals surface area contributed by atoms with Gasteiger partial charge < -0.3 is 15.4 Å². The van der Waals surface area contributed by atoms with Crippen LogP contribution in [0.3, 0.4) is 0 Å². The zero-order chi connectivity index (χ0) is 9.97. The second-order valence-electron chi connectivity index (χ2n) is 3.83. The molecule has 2 N–H and O–H groups in total. The summed E-state index contributed by atoms with van der Waals surface area (Å²) in [5.74, 6) is 0.0254. The highest BCUT2D eigenvalue weighted by molar-refractivity contribution is 5.95. The minimum atomic E-state index is -0.0590. The lowest BCUT2D eigenvalue weighted by Crippen LogP contribution is -2.46. The molecule has 0 radical (unpaired) electrons. The summed E-state index contributed by atoms with van der Waals surface area (Å²) in [6, 6.07) is 0.253.